The van der Waals surface area contributed by atoms with Crippen LogP contribution in [0.4, 0.5) is 5.69 Å². The zero-order valence-corrected chi connectivity index (χ0v) is 18.1. The third kappa shape index (κ3) is 5.74. The molecule has 2 aliphatic heterocycles. The van der Waals surface area contributed by atoms with Gasteiger partial charge in [0.05, 0.1) is 23.4 Å². The third-order valence-corrected chi connectivity index (χ3v) is 5.89. The first-order chi connectivity index (χ1) is 15.0. The number of anilines is 1. The van der Waals surface area contributed by atoms with Gasteiger partial charge in [-0.3, -0.25) is 19.3 Å². The van der Waals surface area contributed by atoms with Crippen LogP contribution in [0.1, 0.15) is 59.7 Å². The lowest BCUT2D eigenvalue weighted by Crippen LogP contribution is -2.43. The standard InChI is InChI=1S/C22H31N5O4/c1-16(9-10-24-31)27-21(29)17-6-5-7-18(20(17)22(27)30)25-19(28)8-3-2-4-13-26-14-11-23-12-15-26/h5-7,16,23H,2-4,8-15H2,1H3,(H,25,28). The molecule has 0 radical (unpaired) electrons. The van der Waals surface area contributed by atoms with Crippen molar-refractivity contribution in [3.63, 3.8) is 0 Å². The fourth-order valence-electron chi connectivity index (χ4n) is 4.12. The SMILES string of the molecule is CC(CCN=O)N1C(=O)c2cccc(NC(=O)CCCCCN3CCNCC3)c2C1=O. The lowest BCUT2D eigenvalue weighted by molar-refractivity contribution is -0.116. The number of carbonyl (C=O) groups is 3. The molecule has 2 heterocycles. The van der Waals surface area contributed by atoms with E-state index in [1.54, 1.807) is 25.1 Å². The first-order valence-electron chi connectivity index (χ1n) is 11.1. The quantitative estimate of drug-likeness (QED) is 0.317. The van der Waals surface area contributed by atoms with Crippen LogP contribution in [0.15, 0.2) is 23.4 Å². The molecule has 2 aliphatic rings. The number of piperazine rings is 1. The number of carbonyl (C=O) groups excluding carboxylic acids is 3. The first kappa shape index (κ1) is 23.0. The van der Waals surface area contributed by atoms with E-state index in [4.69, 9.17) is 0 Å². The van der Waals surface area contributed by atoms with Crippen LogP contribution in [-0.4, -0.2) is 72.8 Å². The van der Waals surface area contributed by atoms with Gasteiger partial charge in [-0.2, -0.15) is 4.91 Å². The van der Waals surface area contributed by atoms with Crippen LogP contribution in [0.5, 0.6) is 0 Å². The van der Waals surface area contributed by atoms with Gasteiger partial charge in [-0.05, 0) is 44.9 Å². The Bertz CT molecular complexity index is 822. The van der Waals surface area contributed by atoms with E-state index in [1.807, 2.05) is 0 Å². The van der Waals surface area contributed by atoms with Crippen molar-refractivity contribution in [1.29, 1.82) is 0 Å². The normalized spacial score (nSPS) is 17.5. The molecule has 0 aliphatic carbocycles. The molecule has 3 amide bonds. The number of fused-ring (bicyclic) bond motifs is 1. The van der Waals surface area contributed by atoms with Crippen molar-refractivity contribution in [3.8, 4) is 0 Å². The summed E-state index contributed by atoms with van der Waals surface area (Å²) in [5, 5.41) is 8.96. The second-order valence-corrected chi connectivity index (χ2v) is 8.15. The highest BCUT2D eigenvalue weighted by molar-refractivity contribution is 6.24. The molecular weight excluding hydrogens is 398 g/mol. The number of hydrogen-bond donors (Lipinski definition) is 2. The Balaban J connectivity index is 1.51. The molecule has 0 saturated carbocycles. The van der Waals surface area contributed by atoms with Gasteiger partial charge in [0.15, 0.2) is 0 Å². The molecular formula is C22H31N5O4. The minimum Gasteiger partial charge on any atom is -0.325 e. The van der Waals surface area contributed by atoms with Gasteiger partial charge in [0.2, 0.25) is 5.91 Å². The molecule has 168 valence electrons. The Kier molecular flexibility index (Phi) is 8.25. The van der Waals surface area contributed by atoms with Crippen molar-refractivity contribution < 1.29 is 14.4 Å². The first-order valence-corrected chi connectivity index (χ1v) is 11.1. The summed E-state index contributed by atoms with van der Waals surface area (Å²) in [6, 6.07) is 4.46. The number of benzene rings is 1. The van der Waals surface area contributed by atoms with Gasteiger partial charge < -0.3 is 15.5 Å². The smallest absolute Gasteiger partial charge is 0.263 e. The number of imide groups is 1. The molecule has 1 aromatic carbocycles. The number of nitrogens with zero attached hydrogens (tertiary/aromatic N) is 3. The molecule has 1 aromatic rings. The van der Waals surface area contributed by atoms with Gasteiger partial charge in [0.1, 0.15) is 0 Å². The van der Waals surface area contributed by atoms with Crippen molar-refractivity contribution in [2.24, 2.45) is 5.18 Å². The predicted octanol–water partition coefficient (Wildman–Crippen LogP) is 2.23. The Morgan fingerprint density at radius 2 is 1.94 bits per heavy atom. The van der Waals surface area contributed by atoms with Crippen LogP contribution in [0, 0.1) is 4.91 Å². The molecule has 0 bridgehead atoms. The fraction of sp³-hybridized carbons (Fsp3) is 0.591. The van der Waals surface area contributed by atoms with Gasteiger partial charge >= 0.3 is 0 Å². The number of unbranched alkanes of at least 4 members (excludes halogenated alkanes) is 2. The largest absolute Gasteiger partial charge is 0.325 e. The third-order valence-electron chi connectivity index (χ3n) is 5.89. The van der Waals surface area contributed by atoms with Crippen LogP contribution in [0.2, 0.25) is 0 Å². The molecule has 9 nitrogen and oxygen atoms in total. The Morgan fingerprint density at radius 1 is 1.16 bits per heavy atom. The van der Waals surface area contributed by atoms with Crippen LogP contribution < -0.4 is 10.6 Å². The summed E-state index contributed by atoms with van der Waals surface area (Å²) in [5.74, 6) is -1.000. The second-order valence-electron chi connectivity index (χ2n) is 8.15. The van der Waals surface area contributed by atoms with Crippen molar-refractivity contribution >= 4 is 23.4 Å². The van der Waals surface area contributed by atoms with E-state index in [-0.39, 0.29) is 23.6 Å². The number of amides is 3. The maximum Gasteiger partial charge on any atom is 0.263 e. The van der Waals surface area contributed by atoms with Gasteiger partial charge in [0, 0.05) is 38.6 Å². The zero-order chi connectivity index (χ0) is 22.2. The molecule has 3 rings (SSSR count). The van der Waals surface area contributed by atoms with E-state index in [0.29, 0.717) is 18.5 Å². The van der Waals surface area contributed by atoms with Crippen molar-refractivity contribution in [2.45, 2.75) is 45.1 Å². The van der Waals surface area contributed by atoms with Crippen LogP contribution >= 0.6 is 0 Å². The lowest BCUT2D eigenvalue weighted by atomic mass is 10.1. The summed E-state index contributed by atoms with van der Waals surface area (Å²) >= 11 is 0. The molecule has 1 atom stereocenters. The molecule has 9 heteroatoms. The highest BCUT2D eigenvalue weighted by Crippen LogP contribution is 2.31. The number of rotatable bonds is 11. The van der Waals surface area contributed by atoms with Crippen LogP contribution in [-0.2, 0) is 4.79 Å². The molecule has 1 fully saturated rings. The van der Waals surface area contributed by atoms with Crippen molar-refractivity contribution in [1.82, 2.24) is 15.1 Å². The topological polar surface area (TPSA) is 111 Å². The van der Waals surface area contributed by atoms with Crippen LogP contribution in [0.3, 0.4) is 0 Å². The molecule has 31 heavy (non-hydrogen) atoms. The van der Waals surface area contributed by atoms with E-state index >= 15 is 0 Å². The minimum atomic E-state index is -0.440. The molecule has 0 spiro atoms. The van der Waals surface area contributed by atoms with Crippen molar-refractivity contribution in [2.75, 3.05) is 44.6 Å². The molecule has 0 aromatic heterocycles. The number of hydrogen-bond acceptors (Lipinski definition) is 7. The Labute approximate surface area is 182 Å². The zero-order valence-electron chi connectivity index (χ0n) is 18.1. The van der Waals surface area contributed by atoms with E-state index < -0.39 is 17.9 Å². The monoisotopic (exact) mass is 429 g/mol. The van der Waals surface area contributed by atoms with E-state index in [0.717, 1.165) is 56.9 Å². The highest BCUT2D eigenvalue weighted by Gasteiger charge is 2.40. The summed E-state index contributed by atoms with van der Waals surface area (Å²) in [6.45, 7) is 7.03. The Morgan fingerprint density at radius 3 is 2.68 bits per heavy atom. The van der Waals surface area contributed by atoms with Gasteiger partial charge in [-0.15, -0.1) is 0 Å². The van der Waals surface area contributed by atoms with Gasteiger partial charge in [-0.25, -0.2) is 0 Å². The molecule has 1 unspecified atom stereocenters. The van der Waals surface area contributed by atoms with Gasteiger partial charge in [-0.1, -0.05) is 17.7 Å². The van der Waals surface area contributed by atoms with Crippen molar-refractivity contribution in [3.05, 3.63) is 34.2 Å². The Hall–Kier alpha value is -2.65. The summed E-state index contributed by atoms with van der Waals surface area (Å²) in [6.07, 6.45) is 3.49. The second kappa shape index (κ2) is 11.1. The maximum absolute atomic E-state index is 12.9. The van der Waals surface area contributed by atoms with Crippen LogP contribution in [0.25, 0.3) is 0 Å². The van der Waals surface area contributed by atoms with E-state index in [1.165, 1.54) is 0 Å². The fourth-order valence-corrected chi connectivity index (χ4v) is 4.12. The summed E-state index contributed by atoms with van der Waals surface area (Å²) in [4.78, 5) is 52.0. The predicted molar refractivity (Wildman–Crippen MR) is 118 cm³/mol. The average molecular weight is 430 g/mol. The number of nitroso groups, excluding NO2 is 1. The lowest BCUT2D eigenvalue weighted by Gasteiger charge is -2.26. The molecule has 2 N–H and O–H groups in total. The highest BCUT2D eigenvalue weighted by atomic mass is 16.3. The summed E-state index contributed by atoms with van der Waals surface area (Å²) < 4.78 is 0. The van der Waals surface area contributed by atoms with E-state index in [2.05, 4.69) is 20.7 Å². The minimum absolute atomic E-state index is 0.0345. The summed E-state index contributed by atoms with van der Waals surface area (Å²) in [7, 11) is 0. The maximum atomic E-state index is 12.9. The summed E-state index contributed by atoms with van der Waals surface area (Å²) in [5.41, 5.74) is 0.875. The number of nitrogens with one attached hydrogen (secondary N) is 2. The van der Waals surface area contributed by atoms with Gasteiger partial charge in [0.25, 0.3) is 11.8 Å². The molecule has 1 saturated heterocycles. The van der Waals surface area contributed by atoms with E-state index in [9.17, 15) is 19.3 Å². The average Bonchev–Trinajstić information content (AvgIpc) is 3.03.